The summed E-state index contributed by atoms with van der Waals surface area (Å²) in [6, 6.07) is 9.87. The second-order valence-corrected chi connectivity index (χ2v) is 7.57. The van der Waals surface area contributed by atoms with Gasteiger partial charge >= 0.3 is 0 Å². The zero-order chi connectivity index (χ0) is 18.7. The van der Waals surface area contributed by atoms with Crippen LogP contribution in [0.25, 0.3) is 0 Å². The van der Waals surface area contributed by atoms with Gasteiger partial charge in [-0.25, -0.2) is 0 Å². The minimum absolute atomic E-state index is 0.725. The predicted octanol–water partition coefficient (Wildman–Crippen LogP) is 7.84. The van der Waals surface area contributed by atoms with Crippen LogP contribution < -0.4 is 5.32 Å². The molecule has 0 radical (unpaired) electrons. The Morgan fingerprint density at radius 1 is 0.654 bits per heavy atom. The van der Waals surface area contributed by atoms with E-state index in [1.807, 2.05) is 24.3 Å². The molecule has 0 heterocycles. The molecule has 0 bridgehead atoms. The molecule has 0 spiro atoms. The molecular weight excluding hydrogens is 316 g/mol. The van der Waals surface area contributed by atoms with E-state index in [1.165, 1.54) is 96.3 Å². The molecule has 0 fully saturated rings. The van der Waals surface area contributed by atoms with Crippen molar-refractivity contribution in [3.63, 3.8) is 0 Å². The van der Waals surface area contributed by atoms with Gasteiger partial charge in [-0.2, -0.15) is 5.26 Å². The Balaban J connectivity index is 1.77. The van der Waals surface area contributed by atoms with Crippen LogP contribution in [-0.2, 0) is 0 Å². The first kappa shape index (κ1) is 22.6. The number of hydrogen-bond donors (Lipinski definition) is 1. The van der Waals surface area contributed by atoms with E-state index in [4.69, 9.17) is 5.26 Å². The summed E-state index contributed by atoms with van der Waals surface area (Å²) in [7, 11) is 0. The van der Waals surface area contributed by atoms with Gasteiger partial charge in [0.15, 0.2) is 0 Å². The Morgan fingerprint density at radius 3 is 1.50 bits per heavy atom. The molecule has 2 heteroatoms. The molecule has 0 unspecified atom stereocenters. The fraction of sp³-hybridized carbons (Fsp3) is 0.708. The summed E-state index contributed by atoms with van der Waals surface area (Å²) in [6.45, 7) is 3.32. The van der Waals surface area contributed by atoms with Gasteiger partial charge in [-0.3, -0.25) is 0 Å². The first-order chi connectivity index (χ1) is 12.9. The van der Waals surface area contributed by atoms with Crippen LogP contribution in [0.1, 0.15) is 109 Å². The first-order valence-corrected chi connectivity index (χ1v) is 11.1. The van der Waals surface area contributed by atoms with Gasteiger partial charge in [-0.15, -0.1) is 0 Å². The van der Waals surface area contributed by atoms with Gasteiger partial charge in [0.25, 0.3) is 0 Å². The quantitative estimate of drug-likeness (QED) is 0.288. The molecule has 1 aromatic rings. The second kappa shape index (κ2) is 17.0. The van der Waals surface area contributed by atoms with Gasteiger partial charge in [0.05, 0.1) is 11.6 Å². The predicted molar refractivity (Wildman–Crippen MR) is 115 cm³/mol. The van der Waals surface area contributed by atoms with Crippen molar-refractivity contribution in [2.75, 3.05) is 11.9 Å². The second-order valence-electron chi connectivity index (χ2n) is 7.57. The third-order valence-electron chi connectivity index (χ3n) is 5.12. The van der Waals surface area contributed by atoms with Crippen LogP contribution in [0, 0.1) is 11.3 Å². The van der Waals surface area contributed by atoms with Crippen LogP contribution in [0.2, 0.25) is 0 Å². The monoisotopic (exact) mass is 356 g/mol. The fourth-order valence-electron chi connectivity index (χ4n) is 3.39. The molecule has 0 saturated carbocycles. The number of rotatable bonds is 17. The molecular formula is C24H40N2. The summed E-state index contributed by atoms with van der Waals surface area (Å²) >= 11 is 0. The molecule has 1 rings (SSSR count). The Bertz CT molecular complexity index is 458. The summed E-state index contributed by atoms with van der Waals surface area (Å²) in [4.78, 5) is 0. The van der Waals surface area contributed by atoms with Crippen LogP contribution in [0.4, 0.5) is 5.69 Å². The third-order valence-corrected chi connectivity index (χ3v) is 5.12. The number of hydrogen-bond acceptors (Lipinski definition) is 2. The molecule has 0 aliphatic carbocycles. The zero-order valence-corrected chi connectivity index (χ0v) is 17.1. The highest BCUT2D eigenvalue weighted by Gasteiger charge is 1.95. The van der Waals surface area contributed by atoms with Gasteiger partial charge in [0.1, 0.15) is 0 Å². The standard InChI is InChI=1S/C24H40N2/c1-2-3-4-5-6-7-8-9-10-11-12-13-14-15-16-21-26-24-19-17-23(22-25)18-20-24/h17-20,26H,2-16,21H2,1H3. The van der Waals surface area contributed by atoms with E-state index in [9.17, 15) is 0 Å². The molecule has 1 N–H and O–H groups in total. The maximum atomic E-state index is 8.78. The molecule has 0 atom stereocenters. The summed E-state index contributed by atoms with van der Waals surface area (Å²) in [5, 5.41) is 12.2. The maximum absolute atomic E-state index is 8.78. The summed E-state index contributed by atoms with van der Waals surface area (Å²) in [6.07, 6.45) is 21.1. The first-order valence-electron chi connectivity index (χ1n) is 11.1. The molecule has 1 aromatic carbocycles. The van der Waals surface area contributed by atoms with Crippen LogP contribution >= 0.6 is 0 Å². The molecule has 0 aliphatic heterocycles. The lowest BCUT2D eigenvalue weighted by molar-refractivity contribution is 0.533. The van der Waals surface area contributed by atoms with Crippen molar-refractivity contribution in [3.05, 3.63) is 29.8 Å². The van der Waals surface area contributed by atoms with Gasteiger partial charge in [0, 0.05) is 12.2 Å². The summed E-state index contributed by atoms with van der Waals surface area (Å²) in [5.74, 6) is 0. The lowest BCUT2D eigenvalue weighted by Crippen LogP contribution is -2.01. The molecule has 146 valence electrons. The van der Waals surface area contributed by atoms with E-state index in [-0.39, 0.29) is 0 Å². The lowest BCUT2D eigenvalue weighted by atomic mass is 10.0. The number of nitriles is 1. The number of anilines is 1. The van der Waals surface area contributed by atoms with E-state index < -0.39 is 0 Å². The molecule has 26 heavy (non-hydrogen) atoms. The largest absolute Gasteiger partial charge is 0.385 e. The van der Waals surface area contributed by atoms with Gasteiger partial charge in [-0.1, -0.05) is 96.8 Å². The fourth-order valence-corrected chi connectivity index (χ4v) is 3.39. The summed E-state index contributed by atoms with van der Waals surface area (Å²) in [5.41, 5.74) is 1.84. The highest BCUT2D eigenvalue weighted by Crippen LogP contribution is 2.14. The van der Waals surface area contributed by atoms with E-state index >= 15 is 0 Å². The molecule has 0 saturated heterocycles. The van der Waals surface area contributed by atoms with Crippen molar-refractivity contribution >= 4 is 5.69 Å². The molecule has 0 amide bonds. The van der Waals surface area contributed by atoms with Crippen molar-refractivity contribution in [1.29, 1.82) is 5.26 Å². The van der Waals surface area contributed by atoms with Crippen LogP contribution in [-0.4, -0.2) is 6.54 Å². The van der Waals surface area contributed by atoms with Gasteiger partial charge < -0.3 is 5.32 Å². The van der Waals surface area contributed by atoms with Crippen LogP contribution in [0.3, 0.4) is 0 Å². The smallest absolute Gasteiger partial charge is 0.0991 e. The van der Waals surface area contributed by atoms with Gasteiger partial charge in [0.2, 0.25) is 0 Å². The van der Waals surface area contributed by atoms with Crippen LogP contribution in [0.15, 0.2) is 24.3 Å². The van der Waals surface area contributed by atoms with Crippen molar-refractivity contribution in [2.24, 2.45) is 0 Å². The van der Waals surface area contributed by atoms with Crippen molar-refractivity contribution < 1.29 is 0 Å². The van der Waals surface area contributed by atoms with Crippen LogP contribution in [0.5, 0.6) is 0 Å². The molecule has 0 aromatic heterocycles. The van der Waals surface area contributed by atoms with E-state index in [1.54, 1.807) is 0 Å². The Labute approximate surface area is 162 Å². The maximum Gasteiger partial charge on any atom is 0.0991 e. The SMILES string of the molecule is CCCCCCCCCCCCCCCCCNc1ccc(C#N)cc1. The normalized spacial score (nSPS) is 10.6. The number of nitrogens with one attached hydrogen (secondary N) is 1. The number of benzene rings is 1. The minimum Gasteiger partial charge on any atom is -0.385 e. The molecule has 2 nitrogen and oxygen atoms in total. The Kier molecular flexibility index (Phi) is 14.7. The lowest BCUT2D eigenvalue weighted by Gasteiger charge is -2.06. The minimum atomic E-state index is 0.725. The highest BCUT2D eigenvalue weighted by atomic mass is 14.9. The molecule has 0 aliphatic rings. The average molecular weight is 357 g/mol. The van der Waals surface area contributed by atoms with E-state index in [0.717, 1.165) is 17.8 Å². The number of unbranched alkanes of at least 4 members (excludes halogenated alkanes) is 14. The Hall–Kier alpha value is -1.49. The van der Waals surface area contributed by atoms with E-state index in [2.05, 4.69) is 18.3 Å². The third kappa shape index (κ3) is 12.8. The highest BCUT2D eigenvalue weighted by molar-refractivity contribution is 5.46. The zero-order valence-electron chi connectivity index (χ0n) is 17.1. The average Bonchev–Trinajstić information content (AvgIpc) is 2.68. The number of nitrogens with zero attached hydrogens (tertiary/aromatic N) is 1. The van der Waals surface area contributed by atoms with Crippen molar-refractivity contribution in [3.8, 4) is 6.07 Å². The van der Waals surface area contributed by atoms with Crippen molar-refractivity contribution in [1.82, 2.24) is 0 Å². The van der Waals surface area contributed by atoms with Crippen molar-refractivity contribution in [2.45, 2.75) is 103 Å². The Morgan fingerprint density at radius 2 is 1.08 bits per heavy atom. The topological polar surface area (TPSA) is 35.8 Å². The van der Waals surface area contributed by atoms with E-state index in [0.29, 0.717) is 0 Å². The van der Waals surface area contributed by atoms with Gasteiger partial charge in [-0.05, 0) is 30.7 Å². The summed E-state index contributed by atoms with van der Waals surface area (Å²) < 4.78 is 0.